The van der Waals surface area contributed by atoms with Gasteiger partial charge in [-0.3, -0.25) is 4.79 Å². The molecule has 1 heterocycles. The normalized spacial score (nSPS) is 10.2. The monoisotopic (exact) mass is 338 g/mol. The van der Waals surface area contributed by atoms with Crippen LogP contribution in [-0.2, 0) is 0 Å². The lowest BCUT2D eigenvalue weighted by atomic mass is 10.3. The number of hydrogen-bond donors (Lipinski definition) is 0. The third-order valence-electron chi connectivity index (χ3n) is 2.29. The molecular weight excluding hydrogens is 328 g/mol. The molecule has 0 unspecified atom stereocenters. The highest BCUT2D eigenvalue weighted by Gasteiger charge is 2.14. The van der Waals surface area contributed by atoms with Crippen molar-refractivity contribution in [1.29, 1.82) is 0 Å². The van der Waals surface area contributed by atoms with Gasteiger partial charge < -0.3 is 4.74 Å². The minimum Gasteiger partial charge on any atom is -0.479 e. The van der Waals surface area contributed by atoms with Gasteiger partial charge in [0.2, 0.25) is 5.88 Å². The number of nitrogens with zero attached hydrogens (tertiary/aromatic N) is 2. The van der Waals surface area contributed by atoms with Crippen LogP contribution in [0.2, 0.25) is 0 Å². The van der Waals surface area contributed by atoms with Crippen LogP contribution in [0, 0.1) is 0 Å². The Labute approximate surface area is 123 Å². The van der Waals surface area contributed by atoms with Gasteiger partial charge in [-0.25, -0.2) is 9.97 Å². The summed E-state index contributed by atoms with van der Waals surface area (Å²) in [6.07, 6.45) is 2.98. The molecule has 98 valence electrons. The van der Waals surface area contributed by atoms with Gasteiger partial charge in [0.15, 0.2) is 11.5 Å². The lowest BCUT2D eigenvalue weighted by molar-refractivity contribution is 0.101. The molecule has 0 saturated carbocycles. The van der Waals surface area contributed by atoms with Crippen LogP contribution < -0.4 is 4.74 Å². The van der Waals surface area contributed by atoms with Crippen LogP contribution in [0.15, 0.2) is 46.0 Å². The van der Waals surface area contributed by atoms with E-state index in [1.807, 2.05) is 24.3 Å². The highest BCUT2D eigenvalue weighted by molar-refractivity contribution is 9.10. The van der Waals surface area contributed by atoms with E-state index < -0.39 is 0 Å². The van der Waals surface area contributed by atoms with Crippen molar-refractivity contribution >= 4 is 33.5 Å². The lowest BCUT2D eigenvalue weighted by Gasteiger charge is -2.05. The van der Waals surface area contributed by atoms with E-state index in [-0.39, 0.29) is 17.4 Å². The number of Topliss-reactive ketones (excluding diaryl/α,β-unsaturated/α-hetero) is 1. The molecule has 0 aliphatic heterocycles. The van der Waals surface area contributed by atoms with E-state index in [2.05, 4.69) is 25.9 Å². The topological polar surface area (TPSA) is 52.1 Å². The van der Waals surface area contributed by atoms with Gasteiger partial charge in [-0.05, 0) is 18.2 Å². The standard InChI is InChI=1S/C13H11BrN2O2S/c1-18-13-12(15-5-6-16-13)11(17)8-19-10-4-2-3-9(14)7-10/h2-7H,8H2,1H3. The summed E-state index contributed by atoms with van der Waals surface area (Å²) in [6.45, 7) is 0. The van der Waals surface area contributed by atoms with Crippen LogP contribution in [0.4, 0.5) is 0 Å². The van der Waals surface area contributed by atoms with E-state index >= 15 is 0 Å². The van der Waals surface area contributed by atoms with E-state index in [1.165, 1.54) is 31.3 Å². The van der Waals surface area contributed by atoms with Crippen LogP contribution in [0.5, 0.6) is 5.88 Å². The third kappa shape index (κ3) is 3.78. The van der Waals surface area contributed by atoms with Gasteiger partial charge in [0.1, 0.15) is 0 Å². The minimum atomic E-state index is -0.102. The molecule has 1 aromatic heterocycles. The zero-order chi connectivity index (χ0) is 13.7. The fourth-order valence-corrected chi connectivity index (χ4v) is 2.81. The predicted octanol–water partition coefficient (Wildman–Crippen LogP) is 3.22. The van der Waals surface area contributed by atoms with Crippen molar-refractivity contribution in [3.63, 3.8) is 0 Å². The summed E-state index contributed by atoms with van der Waals surface area (Å²) in [7, 11) is 1.47. The largest absolute Gasteiger partial charge is 0.479 e. The summed E-state index contributed by atoms with van der Waals surface area (Å²) in [4.78, 5) is 21.1. The fourth-order valence-electron chi connectivity index (χ4n) is 1.44. The Kier molecular flexibility index (Phi) is 4.93. The molecule has 19 heavy (non-hydrogen) atoms. The number of benzene rings is 1. The van der Waals surface area contributed by atoms with E-state index in [1.54, 1.807) is 0 Å². The summed E-state index contributed by atoms with van der Waals surface area (Å²) < 4.78 is 6.01. The second-order valence-corrected chi connectivity index (χ2v) is 5.55. The van der Waals surface area contributed by atoms with Crippen LogP contribution in [-0.4, -0.2) is 28.6 Å². The molecule has 0 aliphatic carbocycles. The Bertz CT molecular complexity index is 592. The van der Waals surface area contributed by atoms with Crippen molar-refractivity contribution in [2.75, 3.05) is 12.9 Å². The van der Waals surface area contributed by atoms with E-state index in [0.29, 0.717) is 5.75 Å². The van der Waals surface area contributed by atoms with Gasteiger partial charge in [0, 0.05) is 21.8 Å². The highest BCUT2D eigenvalue weighted by atomic mass is 79.9. The molecule has 0 radical (unpaired) electrons. The van der Waals surface area contributed by atoms with Crippen LogP contribution in [0.25, 0.3) is 0 Å². The SMILES string of the molecule is COc1nccnc1C(=O)CSc1cccc(Br)c1. The maximum absolute atomic E-state index is 12.1. The Balaban J connectivity index is 2.05. The first-order valence-corrected chi connectivity index (χ1v) is 7.25. The van der Waals surface area contributed by atoms with Gasteiger partial charge in [-0.1, -0.05) is 22.0 Å². The summed E-state index contributed by atoms with van der Waals surface area (Å²) in [5.41, 5.74) is 0.271. The van der Waals surface area contributed by atoms with Crippen LogP contribution in [0.3, 0.4) is 0 Å². The highest BCUT2D eigenvalue weighted by Crippen LogP contribution is 2.23. The number of methoxy groups -OCH3 is 1. The number of ether oxygens (including phenoxy) is 1. The van der Waals surface area contributed by atoms with Crippen molar-refractivity contribution in [3.8, 4) is 5.88 Å². The van der Waals surface area contributed by atoms with Crippen LogP contribution >= 0.6 is 27.7 Å². The Morgan fingerprint density at radius 1 is 1.37 bits per heavy atom. The number of thioether (sulfide) groups is 1. The number of aromatic nitrogens is 2. The van der Waals surface area contributed by atoms with Crippen molar-refractivity contribution in [2.45, 2.75) is 4.90 Å². The number of carbonyl (C=O) groups excluding carboxylic acids is 1. The molecule has 2 aromatic rings. The van der Waals surface area contributed by atoms with E-state index in [0.717, 1.165) is 9.37 Å². The molecule has 0 atom stereocenters. The fraction of sp³-hybridized carbons (Fsp3) is 0.154. The molecule has 6 heteroatoms. The molecule has 2 rings (SSSR count). The third-order valence-corrected chi connectivity index (χ3v) is 3.78. The zero-order valence-corrected chi connectivity index (χ0v) is 12.6. The quantitative estimate of drug-likeness (QED) is 0.618. The smallest absolute Gasteiger partial charge is 0.243 e. The predicted molar refractivity (Wildman–Crippen MR) is 77.8 cm³/mol. The second kappa shape index (κ2) is 6.68. The Hall–Kier alpha value is -1.40. The Morgan fingerprint density at radius 2 is 2.16 bits per heavy atom. The second-order valence-electron chi connectivity index (χ2n) is 3.58. The maximum atomic E-state index is 12.1. The van der Waals surface area contributed by atoms with Gasteiger partial charge in [-0.15, -0.1) is 11.8 Å². The minimum absolute atomic E-state index is 0.102. The van der Waals surface area contributed by atoms with Crippen molar-refractivity contribution in [1.82, 2.24) is 9.97 Å². The maximum Gasteiger partial charge on any atom is 0.243 e. The summed E-state index contributed by atoms with van der Waals surface area (Å²) >= 11 is 4.85. The van der Waals surface area contributed by atoms with Crippen molar-refractivity contribution in [2.24, 2.45) is 0 Å². The molecule has 0 fully saturated rings. The molecule has 0 saturated heterocycles. The van der Waals surface area contributed by atoms with E-state index in [4.69, 9.17) is 4.74 Å². The average Bonchev–Trinajstić information content (AvgIpc) is 2.45. The molecule has 0 spiro atoms. The van der Waals surface area contributed by atoms with Crippen molar-refractivity contribution < 1.29 is 9.53 Å². The number of ketones is 1. The van der Waals surface area contributed by atoms with E-state index in [9.17, 15) is 4.79 Å². The van der Waals surface area contributed by atoms with Crippen LogP contribution in [0.1, 0.15) is 10.5 Å². The number of rotatable bonds is 5. The average molecular weight is 339 g/mol. The van der Waals surface area contributed by atoms with Gasteiger partial charge >= 0.3 is 0 Å². The lowest BCUT2D eigenvalue weighted by Crippen LogP contribution is -2.08. The van der Waals surface area contributed by atoms with Crippen molar-refractivity contribution in [3.05, 3.63) is 46.8 Å². The van der Waals surface area contributed by atoms with Gasteiger partial charge in [-0.2, -0.15) is 0 Å². The summed E-state index contributed by atoms with van der Waals surface area (Å²) in [5, 5.41) is 0. The molecular formula is C13H11BrN2O2S. The summed E-state index contributed by atoms with van der Waals surface area (Å²) in [5.74, 6) is 0.461. The number of carbonyl (C=O) groups is 1. The number of halogens is 1. The molecule has 0 amide bonds. The first-order valence-electron chi connectivity index (χ1n) is 5.47. The first kappa shape index (κ1) is 14.0. The molecule has 0 N–H and O–H groups in total. The zero-order valence-electron chi connectivity index (χ0n) is 10.2. The molecule has 0 aliphatic rings. The molecule has 0 bridgehead atoms. The van der Waals surface area contributed by atoms with Gasteiger partial charge in [0.05, 0.1) is 12.9 Å². The Morgan fingerprint density at radius 3 is 2.89 bits per heavy atom. The summed E-state index contributed by atoms with van der Waals surface area (Å²) in [6, 6.07) is 7.79. The first-order chi connectivity index (χ1) is 9.20. The van der Waals surface area contributed by atoms with Gasteiger partial charge in [0.25, 0.3) is 0 Å². The number of hydrogen-bond acceptors (Lipinski definition) is 5. The molecule has 1 aromatic carbocycles. The molecule has 4 nitrogen and oxygen atoms in total.